The summed E-state index contributed by atoms with van der Waals surface area (Å²) in [7, 11) is 3.28. The smallest absolute Gasteiger partial charge is 0.317 e. The molecular weight excluding hydrogens is 399 g/mol. The molecule has 0 saturated carbocycles. The molecule has 9 heteroatoms. The predicted molar refractivity (Wildman–Crippen MR) is 116 cm³/mol. The summed E-state index contributed by atoms with van der Waals surface area (Å²) in [5.74, 6) is -0.243. The number of nitrogens with zero attached hydrogens (tertiary/aromatic N) is 4. The second kappa shape index (κ2) is 9.84. The van der Waals surface area contributed by atoms with Gasteiger partial charge in [-0.2, -0.15) is 5.10 Å². The van der Waals surface area contributed by atoms with Gasteiger partial charge in [-0.3, -0.25) is 14.5 Å². The minimum absolute atomic E-state index is 0.231. The molecule has 2 aromatic heterocycles. The molecule has 0 radical (unpaired) electrons. The Kier molecular flexibility index (Phi) is 6.96. The van der Waals surface area contributed by atoms with E-state index in [0.29, 0.717) is 18.1 Å². The Balaban J connectivity index is 1.83. The molecule has 1 atom stereocenters. The van der Waals surface area contributed by atoms with E-state index in [4.69, 9.17) is 0 Å². The van der Waals surface area contributed by atoms with Gasteiger partial charge in [0.2, 0.25) is 5.91 Å². The van der Waals surface area contributed by atoms with E-state index in [2.05, 4.69) is 20.7 Å². The molecule has 0 aliphatic carbocycles. The number of hydrogen-bond acceptors (Lipinski definition) is 4. The van der Waals surface area contributed by atoms with Gasteiger partial charge in [-0.15, -0.1) is 0 Å². The fourth-order valence-electron chi connectivity index (χ4n) is 3.12. The first-order chi connectivity index (χ1) is 14.9. The number of carbonyl (C=O) groups excluding carboxylic acids is 2. The summed E-state index contributed by atoms with van der Waals surface area (Å²) in [6.45, 7) is 2.24. The number of rotatable bonds is 7. The van der Waals surface area contributed by atoms with Crippen LogP contribution in [0.3, 0.4) is 0 Å². The first kappa shape index (κ1) is 21.9. The topological polar surface area (TPSA) is 92.2 Å². The van der Waals surface area contributed by atoms with Gasteiger partial charge in [-0.1, -0.05) is 12.1 Å². The van der Waals surface area contributed by atoms with Crippen molar-refractivity contribution in [1.82, 2.24) is 25.0 Å². The number of likely N-dealkylation sites (N-methyl/N-ethyl adjacent to an activating group) is 1. The van der Waals surface area contributed by atoms with Gasteiger partial charge in [0.1, 0.15) is 17.7 Å². The number of aromatic nitrogens is 3. The van der Waals surface area contributed by atoms with Crippen LogP contribution < -0.4 is 10.6 Å². The van der Waals surface area contributed by atoms with Crippen molar-refractivity contribution in [3.8, 4) is 11.3 Å². The average Bonchev–Trinajstić information content (AvgIpc) is 3.13. The number of benzene rings is 1. The summed E-state index contributed by atoms with van der Waals surface area (Å²) >= 11 is 0. The second-order valence-electron chi connectivity index (χ2n) is 7.06. The van der Waals surface area contributed by atoms with Gasteiger partial charge in [0, 0.05) is 51.1 Å². The van der Waals surface area contributed by atoms with Crippen molar-refractivity contribution < 1.29 is 14.0 Å². The van der Waals surface area contributed by atoms with Crippen molar-refractivity contribution >= 4 is 17.8 Å². The lowest BCUT2D eigenvalue weighted by Gasteiger charge is -2.27. The summed E-state index contributed by atoms with van der Waals surface area (Å²) in [4.78, 5) is 30.9. The maximum atomic E-state index is 13.3. The molecule has 8 nitrogen and oxygen atoms in total. The number of anilines is 1. The van der Waals surface area contributed by atoms with Crippen LogP contribution in [-0.2, 0) is 18.3 Å². The fourth-order valence-corrected chi connectivity index (χ4v) is 3.12. The van der Waals surface area contributed by atoms with Crippen LogP contribution in [0.2, 0.25) is 0 Å². The molecule has 0 aliphatic heterocycles. The van der Waals surface area contributed by atoms with Gasteiger partial charge in [-0.05, 0) is 36.8 Å². The van der Waals surface area contributed by atoms with E-state index in [1.54, 1.807) is 56.3 Å². The lowest BCUT2D eigenvalue weighted by atomic mass is 10.0. The quantitative estimate of drug-likeness (QED) is 0.610. The van der Waals surface area contributed by atoms with Gasteiger partial charge >= 0.3 is 6.03 Å². The molecule has 31 heavy (non-hydrogen) atoms. The highest BCUT2D eigenvalue weighted by molar-refractivity contribution is 5.97. The maximum Gasteiger partial charge on any atom is 0.317 e. The number of amides is 3. The van der Waals surface area contributed by atoms with Crippen molar-refractivity contribution in [1.29, 1.82) is 0 Å². The standard InChI is InChI=1S/C22H25FN6O2/c1-4-25-22(31)28(2)19(13-15-5-7-17(23)8-6-15)21(30)26-20-14-18(27-29(20)3)16-9-11-24-12-10-16/h5-12,14,19H,4,13H2,1-3H3,(H,25,31)(H,26,30)/t19-/m0/s1. The van der Waals surface area contributed by atoms with Crippen molar-refractivity contribution in [3.05, 3.63) is 66.2 Å². The molecule has 0 bridgehead atoms. The van der Waals surface area contributed by atoms with Gasteiger partial charge in [0.25, 0.3) is 0 Å². The number of carbonyl (C=O) groups is 2. The Morgan fingerprint density at radius 2 is 1.84 bits per heavy atom. The van der Waals surface area contributed by atoms with E-state index >= 15 is 0 Å². The van der Waals surface area contributed by atoms with Crippen molar-refractivity contribution in [2.24, 2.45) is 7.05 Å². The van der Waals surface area contributed by atoms with E-state index in [0.717, 1.165) is 11.1 Å². The van der Waals surface area contributed by atoms with Crippen LogP contribution in [0.1, 0.15) is 12.5 Å². The number of pyridine rings is 1. The van der Waals surface area contributed by atoms with Gasteiger partial charge < -0.3 is 15.5 Å². The minimum Gasteiger partial charge on any atom is -0.338 e. The number of hydrogen-bond donors (Lipinski definition) is 2. The van der Waals surface area contributed by atoms with E-state index in [9.17, 15) is 14.0 Å². The molecule has 162 valence electrons. The summed E-state index contributed by atoms with van der Waals surface area (Å²) < 4.78 is 14.8. The van der Waals surface area contributed by atoms with Gasteiger partial charge in [-0.25, -0.2) is 9.18 Å². The Morgan fingerprint density at radius 1 is 1.16 bits per heavy atom. The van der Waals surface area contributed by atoms with E-state index in [-0.39, 0.29) is 24.2 Å². The first-order valence-electron chi connectivity index (χ1n) is 9.89. The molecule has 0 saturated heterocycles. The molecule has 3 rings (SSSR count). The largest absolute Gasteiger partial charge is 0.338 e. The molecule has 1 aromatic carbocycles. The highest BCUT2D eigenvalue weighted by Crippen LogP contribution is 2.21. The van der Waals surface area contributed by atoms with Crippen LogP contribution in [0.25, 0.3) is 11.3 Å². The third-order valence-corrected chi connectivity index (χ3v) is 4.87. The average molecular weight is 424 g/mol. The van der Waals surface area contributed by atoms with Crippen molar-refractivity contribution in [3.63, 3.8) is 0 Å². The molecule has 2 N–H and O–H groups in total. The SMILES string of the molecule is CCNC(=O)N(C)[C@@H](Cc1ccc(F)cc1)C(=O)Nc1cc(-c2ccncc2)nn1C. The molecule has 2 heterocycles. The Morgan fingerprint density at radius 3 is 2.48 bits per heavy atom. The van der Waals surface area contributed by atoms with Crippen LogP contribution in [0.4, 0.5) is 15.0 Å². The first-order valence-corrected chi connectivity index (χ1v) is 9.89. The van der Waals surface area contributed by atoms with Crippen LogP contribution >= 0.6 is 0 Å². The number of nitrogens with one attached hydrogen (secondary N) is 2. The van der Waals surface area contributed by atoms with Crippen molar-refractivity contribution in [2.75, 3.05) is 18.9 Å². The summed E-state index contributed by atoms with van der Waals surface area (Å²) in [5.41, 5.74) is 2.29. The summed E-state index contributed by atoms with van der Waals surface area (Å²) in [6, 6.07) is 10.1. The normalized spacial score (nSPS) is 11.6. The Bertz CT molecular complexity index is 1040. The fraction of sp³-hybridized carbons (Fsp3) is 0.273. The predicted octanol–water partition coefficient (Wildman–Crippen LogP) is 2.83. The Hall–Kier alpha value is -3.75. The minimum atomic E-state index is -0.809. The number of halogens is 1. The monoisotopic (exact) mass is 424 g/mol. The third kappa shape index (κ3) is 5.44. The lowest BCUT2D eigenvalue weighted by molar-refractivity contribution is -0.120. The van der Waals surface area contributed by atoms with Gasteiger partial charge in [0.05, 0.1) is 5.69 Å². The number of urea groups is 1. The molecule has 0 fully saturated rings. The zero-order valence-corrected chi connectivity index (χ0v) is 17.7. The van der Waals surface area contributed by atoms with Crippen LogP contribution in [0, 0.1) is 5.82 Å². The van der Waals surface area contributed by atoms with Crippen LogP contribution in [0.15, 0.2) is 54.9 Å². The molecule has 3 aromatic rings. The van der Waals surface area contributed by atoms with Crippen LogP contribution in [-0.4, -0.2) is 51.2 Å². The Labute approximate surface area is 180 Å². The van der Waals surface area contributed by atoms with Gasteiger partial charge in [0.15, 0.2) is 0 Å². The summed E-state index contributed by atoms with van der Waals surface area (Å²) in [6.07, 6.45) is 3.57. The molecule has 0 aliphatic rings. The van der Waals surface area contributed by atoms with E-state index in [1.165, 1.54) is 17.0 Å². The maximum absolute atomic E-state index is 13.3. The molecule has 0 spiro atoms. The second-order valence-corrected chi connectivity index (χ2v) is 7.06. The van der Waals surface area contributed by atoms with Crippen molar-refractivity contribution in [2.45, 2.75) is 19.4 Å². The van der Waals surface area contributed by atoms with Crippen LogP contribution in [0.5, 0.6) is 0 Å². The lowest BCUT2D eigenvalue weighted by Crippen LogP contribution is -2.50. The van der Waals surface area contributed by atoms with E-state index < -0.39 is 6.04 Å². The zero-order valence-electron chi connectivity index (χ0n) is 17.7. The molecule has 3 amide bonds. The molecule has 0 unspecified atom stereocenters. The molecular formula is C22H25FN6O2. The third-order valence-electron chi connectivity index (χ3n) is 4.87. The summed E-state index contributed by atoms with van der Waals surface area (Å²) in [5, 5.41) is 10.00. The highest BCUT2D eigenvalue weighted by Gasteiger charge is 2.28. The number of aryl methyl sites for hydroxylation is 1. The van der Waals surface area contributed by atoms with E-state index in [1.807, 2.05) is 12.1 Å². The zero-order chi connectivity index (χ0) is 22.4. The highest BCUT2D eigenvalue weighted by atomic mass is 19.1.